The number of nitrogens with zero attached hydrogens (tertiary/aromatic N) is 2. The van der Waals surface area contributed by atoms with Gasteiger partial charge in [0.25, 0.3) is 5.91 Å². The molecule has 0 aliphatic heterocycles. The maximum absolute atomic E-state index is 12.1. The first-order valence-electron chi connectivity index (χ1n) is 6.92. The highest BCUT2D eigenvalue weighted by Crippen LogP contribution is 2.29. The number of halogens is 1. The van der Waals surface area contributed by atoms with Crippen LogP contribution < -0.4 is 10.2 Å². The third-order valence-electron chi connectivity index (χ3n) is 3.04. The van der Waals surface area contributed by atoms with E-state index in [9.17, 15) is 10.1 Å². The number of hydrogen-bond acceptors (Lipinski definition) is 4. The first kappa shape index (κ1) is 16.8. The number of carbonyl (C=O) groups excluding carboxylic acids is 1. The molecule has 0 atom stereocenters. The topological polar surface area (TPSA) is 69.3 Å². The van der Waals surface area contributed by atoms with Crippen LogP contribution in [0.3, 0.4) is 0 Å². The third-order valence-corrected chi connectivity index (χ3v) is 3.61. The van der Waals surface area contributed by atoms with Crippen molar-refractivity contribution in [3.05, 3.63) is 57.8 Å². The van der Waals surface area contributed by atoms with E-state index in [2.05, 4.69) is 21.2 Å². The van der Waals surface area contributed by atoms with Crippen LogP contribution in [0.2, 0.25) is 0 Å². The SMILES string of the molecule is CN(C)c1oc(/C=C(/C#N)C(=O)NCc2ccccc2)cc1Br. The van der Waals surface area contributed by atoms with Gasteiger partial charge >= 0.3 is 0 Å². The van der Waals surface area contributed by atoms with Gasteiger partial charge < -0.3 is 14.6 Å². The van der Waals surface area contributed by atoms with E-state index in [4.69, 9.17) is 4.42 Å². The Hall–Kier alpha value is -2.52. The highest BCUT2D eigenvalue weighted by molar-refractivity contribution is 9.10. The molecular formula is C17H16BrN3O2. The van der Waals surface area contributed by atoms with E-state index >= 15 is 0 Å². The van der Waals surface area contributed by atoms with Gasteiger partial charge in [0.1, 0.15) is 17.4 Å². The van der Waals surface area contributed by atoms with E-state index < -0.39 is 5.91 Å². The lowest BCUT2D eigenvalue weighted by atomic mass is 10.2. The number of carbonyl (C=O) groups is 1. The first-order valence-corrected chi connectivity index (χ1v) is 7.71. The van der Waals surface area contributed by atoms with Crippen LogP contribution in [-0.4, -0.2) is 20.0 Å². The predicted octanol–water partition coefficient (Wildman–Crippen LogP) is 3.33. The summed E-state index contributed by atoms with van der Waals surface area (Å²) in [5, 5.41) is 11.9. The lowest BCUT2D eigenvalue weighted by molar-refractivity contribution is -0.117. The molecule has 1 aromatic heterocycles. The molecule has 1 heterocycles. The normalized spacial score (nSPS) is 11.0. The van der Waals surface area contributed by atoms with Crippen LogP contribution in [0.15, 0.2) is 50.9 Å². The van der Waals surface area contributed by atoms with Crippen molar-refractivity contribution in [2.45, 2.75) is 6.54 Å². The summed E-state index contributed by atoms with van der Waals surface area (Å²) in [6.07, 6.45) is 1.43. The van der Waals surface area contributed by atoms with E-state index in [0.29, 0.717) is 18.2 Å². The van der Waals surface area contributed by atoms with Gasteiger partial charge in [0.15, 0.2) is 0 Å². The molecule has 23 heavy (non-hydrogen) atoms. The van der Waals surface area contributed by atoms with Gasteiger partial charge in [0, 0.05) is 32.8 Å². The second kappa shape index (κ2) is 7.65. The summed E-state index contributed by atoms with van der Waals surface area (Å²) in [5.74, 6) is 0.625. The van der Waals surface area contributed by atoms with Gasteiger partial charge in [0.05, 0.1) is 4.47 Å². The smallest absolute Gasteiger partial charge is 0.262 e. The van der Waals surface area contributed by atoms with Crippen molar-refractivity contribution in [1.29, 1.82) is 5.26 Å². The summed E-state index contributed by atoms with van der Waals surface area (Å²) in [6.45, 7) is 0.365. The Bertz CT molecular complexity index is 758. The fourth-order valence-corrected chi connectivity index (χ4v) is 2.58. The molecular weight excluding hydrogens is 358 g/mol. The number of anilines is 1. The molecule has 0 saturated carbocycles. The zero-order chi connectivity index (χ0) is 16.8. The van der Waals surface area contributed by atoms with E-state index in [0.717, 1.165) is 10.0 Å². The first-order chi connectivity index (χ1) is 11.0. The maximum Gasteiger partial charge on any atom is 0.262 e. The van der Waals surface area contributed by atoms with Crippen molar-refractivity contribution in [2.75, 3.05) is 19.0 Å². The van der Waals surface area contributed by atoms with Crippen LogP contribution in [0.5, 0.6) is 0 Å². The molecule has 0 aliphatic rings. The van der Waals surface area contributed by atoms with Gasteiger partial charge in [-0.25, -0.2) is 0 Å². The zero-order valence-corrected chi connectivity index (χ0v) is 14.4. The molecule has 5 nitrogen and oxygen atoms in total. The molecule has 0 saturated heterocycles. The minimum Gasteiger partial charge on any atom is -0.440 e. The van der Waals surface area contributed by atoms with Crippen molar-refractivity contribution in [3.63, 3.8) is 0 Å². The fourth-order valence-electron chi connectivity index (χ4n) is 1.92. The van der Waals surface area contributed by atoms with Gasteiger partial charge in [-0.05, 0) is 21.5 Å². The van der Waals surface area contributed by atoms with Crippen molar-refractivity contribution >= 4 is 33.8 Å². The molecule has 0 aliphatic carbocycles. The zero-order valence-electron chi connectivity index (χ0n) is 12.8. The molecule has 118 valence electrons. The molecule has 0 unspecified atom stereocenters. The van der Waals surface area contributed by atoms with Crippen LogP contribution >= 0.6 is 15.9 Å². The molecule has 6 heteroatoms. The molecule has 1 aromatic carbocycles. The van der Waals surface area contributed by atoms with Crippen molar-refractivity contribution in [3.8, 4) is 6.07 Å². The summed E-state index contributed by atoms with van der Waals surface area (Å²) >= 11 is 3.38. The minimum absolute atomic E-state index is 0.00696. The summed E-state index contributed by atoms with van der Waals surface area (Å²) < 4.78 is 6.35. The van der Waals surface area contributed by atoms with Crippen molar-refractivity contribution < 1.29 is 9.21 Å². The second-order valence-corrected chi connectivity index (χ2v) is 5.89. The van der Waals surface area contributed by atoms with Crippen LogP contribution in [0, 0.1) is 11.3 Å². The van der Waals surface area contributed by atoms with Crippen LogP contribution in [0.4, 0.5) is 5.88 Å². The largest absolute Gasteiger partial charge is 0.440 e. The molecule has 0 bridgehead atoms. The lowest BCUT2D eigenvalue weighted by Gasteiger charge is -2.07. The van der Waals surface area contributed by atoms with Gasteiger partial charge in [-0.2, -0.15) is 5.26 Å². The Kier molecular flexibility index (Phi) is 5.61. The summed E-state index contributed by atoms with van der Waals surface area (Å²) in [4.78, 5) is 13.9. The monoisotopic (exact) mass is 373 g/mol. The Morgan fingerprint density at radius 1 is 1.39 bits per heavy atom. The van der Waals surface area contributed by atoms with E-state index in [-0.39, 0.29) is 5.57 Å². The number of benzene rings is 1. The van der Waals surface area contributed by atoms with E-state index in [1.54, 1.807) is 11.0 Å². The van der Waals surface area contributed by atoms with E-state index in [1.165, 1.54) is 6.08 Å². The highest BCUT2D eigenvalue weighted by atomic mass is 79.9. The third kappa shape index (κ3) is 4.47. The van der Waals surface area contributed by atoms with Gasteiger partial charge in [0.2, 0.25) is 5.88 Å². The van der Waals surface area contributed by atoms with Crippen LogP contribution in [0.25, 0.3) is 6.08 Å². The molecule has 2 aromatic rings. The summed E-state index contributed by atoms with van der Waals surface area (Å²) in [5.41, 5.74) is 0.960. The molecule has 0 fully saturated rings. The maximum atomic E-state index is 12.1. The van der Waals surface area contributed by atoms with Crippen LogP contribution in [-0.2, 0) is 11.3 Å². The molecule has 0 radical (unpaired) electrons. The number of nitriles is 1. The lowest BCUT2D eigenvalue weighted by Crippen LogP contribution is -2.23. The summed E-state index contributed by atoms with van der Waals surface area (Å²) in [6, 6.07) is 13.1. The average molecular weight is 374 g/mol. The standard InChI is InChI=1S/C17H16BrN3O2/c1-21(2)17-15(18)9-14(23-17)8-13(10-19)16(22)20-11-12-6-4-3-5-7-12/h3-9H,11H2,1-2H3,(H,20,22)/b13-8-. The molecule has 2 rings (SSSR count). The number of furan rings is 1. The highest BCUT2D eigenvalue weighted by Gasteiger charge is 2.13. The number of nitrogens with one attached hydrogen (secondary N) is 1. The minimum atomic E-state index is -0.435. The predicted molar refractivity (Wildman–Crippen MR) is 92.6 cm³/mol. The summed E-state index contributed by atoms with van der Waals surface area (Å²) in [7, 11) is 3.68. The second-order valence-electron chi connectivity index (χ2n) is 5.03. The van der Waals surface area contributed by atoms with E-state index in [1.807, 2.05) is 50.5 Å². The van der Waals surface area contributed by atoms with Gasteiger partial charge in [-0.15, -0.1) is 0 Å². The number of hydrogen-bond donors (Lipinski definition) is 1. The van der Waals surface area contributed by atoms with Crippen LogP contribution in [0.1, 0.15) is 11.3 Å². The quantitative estimate of drug-likeness (QED) is 0.644. The number of amides is 1. The Balaban J connectivity index is 2.11. The molecule has 1 amide bonds. The Labute approximate surface area is 143 Å². The molecule has 1 N–H and O–H groups in total. The Morgan fingerprint density at radius 2 is 2.09 bits per heavy atom. The van der Waals surface area contributed by atoms with Crippen molar-refractivity contribution in [1.82, 2.24) is 5.32 Å². The van der Waals surface area contributed by atoms with Crippen molar-refractivity contribution in [2.24, 2.45) is 0 Å². The fraction of sp³-hybridized carbons (Fsp3) is 0.176. The molecule has 0 spiro atoms. The Morgan fingerprint density at radius 3 is 2.65 bits per heavy atom. The number of rotatable bonds is 5. The van der Waals surface area contributed by atoms with Gasteiger partial charge in [-0.3, -0.25) is 4.79 Å². The average Bonchev–Trinajstić information content (AvgIpc) is 2.92. The van der Waals surface area contributed by atoms with Gasteiger partial charge in [-0.1, -0.05) is 30.3 Å².